The van der Waals surface area contributed by atoms with Crippen molar-refractivity contribution in [1.29, 1.82) is 0 Å². The molecular formula is C15H21N5O. The molecular weight excluding hydrogens is 266 g/mol. The summed E-state index contributed by atoms with van der Waals surface area (Å²) in [7, 11) is 1.66. The Morgan fingerprint density at radius 3 is 2.52 bits per heavy atom. The highest BCUT2D eigenvalue weighted by molar-refractivity contribution is 5.77. The zero-order valence-electron chi connectivity index (χ0n) is 12.6. The van der Waals surface area contributed by atoms with E-state index in [1.54, 1.807) is 7.11 Å². The minimum Gasteiger partial charge on any atom is -0.393 e. The van der Waals surface area contributed by atoms with Crippen LogP contribution in [0.25, 0.3) is 0 Å². The first-order valence-corrected chi connectivity index (χ1v) is 6.79. The number of nitrogen functional groups attached to an aromatic ring is 1. The Kier molecular flexibility index (Phi) is 4.94. The Morgan fingerprint density at radius 1 is 1.19 bits per heavy atom. The van der Waals surface area contributed by atoms with Crippen molar-refractivity contribution in [3.05, 3.63) is 36.2 Å². The highest BCUT2D eigenvalue weighted by atomic mass is 16.5. The van der Waals surface area contributed by atoms with E-state index in [1.165, 1.54) is 11.9 Å². The van der Waals surface area contributed by atoms with Crippen LogP contribution >= 0.6 is 0 Å². The van der Waals surface area contributed by atoms with Crippen molar-refractivity contribution >= 4 is 23.0 Å². The third-order valence-electron chi connectivity index (χ3n) is 3.00. The molecule has 21 heavy (non-hydrogen) atoms. The molecule has 1 unspecified atom stereocenters. The molecule has 0 aliphatic rings. The molecule has 0 saturated heterocycles. The topological polar surface area (TPSA) is 85.1 Å². The lowest BCUT2D eigenvalue weighted by Gasteiger charge is -2.16. The molecule has 6 nitrogen and oxygen atoms in total. The number of hydrogen-bond donors (Lipinski definition) is 3. The van der Waals surface area contributed by atoms with Crippen molar-refractivity contribution < 1.29 is 4.74 Å². The molecule has 0 fully saturated rings. The van der Waals surface area contributed by atoms with Crippen LogP contribution in [0.4, 0.5) is 23.0 Å². The summed E-state index contributed by atoms with van der Waals surface area (Å²) in [4.78, 5) is 8.37. The number of rotatable bonds is 6. The van der Waals surface area contributed by atoms with Gasteiger partial charge in [-0.25, -0.2) is 9.97 Å². The fourth-order valence-corrected chi connectivity index (χ4v) is 1.91. The molecule has 1 atom stereocenters. The highest BCUT2D eigenvalue weighted by Crippen LogP contribution is 2.26. The monoisotopic (exact) mass is 287 g/mol. The minimum atomic E-state index is 0.111. The van der Waals surface area contributed by atoms with E-state index in [0.717, 1.165) is 5.69 Å². The molecule has 0 radical (unpaired) electrons. The number of hydrogen-bond acceptors (Lipinski definition) is 6. The lowest BCUT2D eigenvalue weighted by Crippen LogP contribution is -2.22. The number of aryl methyl sites for hydroxylation is 1. The molecule has 1 heterocycles. The number of nitrogens with two attached hydrogens (primary N) is 1. The van der Waals surface area contributed by atoms with Gasteiger partial charge in [-0.1, -0.05) is 17.7 Å². The number of aromatic nitrogens is 2. The van der Waals surface area contributed by atoms with E-state index in [4.69, 9.17) is 10.5 Å². The second-order valence-electron chi connectivity index (χ2n) is 4.98. The van der Waals surface area contributed by atoms with Crippen LogP contribution in [0, 0.1) is 6.92 Å². The van der Waals surface area contributed by atoms with Crippen LogP contribution in [0.15, 0.2) is 30.6 Å². The van der Waals surface area contributed by atoms with Gasteiger partial charge in [0.15, 0.2) is 11.6 Å². The molecule has 0 aliphatic carbocycles. The van der Waals surface area contributed by atoms with Crippen LogP contribution in [-0.2, 0) is 4.74 Å². The molecule has 1 aromatic carbocycles. The SMILES string of the molecule is COCC(C)Nc1ncnc(Nc2ccc(C)cc2)c1N. The summed E-state index contributed by atoms with van der Waals surface area (Å²) in [6.45, 7) is 4.62. The van der Waals surface area contributed by atoms with Crippen LogP contribution in [0.5, 0.6) is 0 Å². The fraction of sp³-hybridized carbons (Fsp3) is 0.333. The number of benzene rings is 1. The Labute approximate surface area is 124 Å². The van der Waals surface area contributed by atoms with Gasteiger partial charge in [-0.15, -0.1) is 0 Å². The summed E-state index contributed by atoms with van der Waals surface area (Å²) >= 11 is 0. The zero-order chi connectivity index (χ0) is 15.2. The maximum atomic E-state index is 6.11. The Hall–Kier alpha value is -2.34. The fourth-order valence-electron chi connectivity index (χ4n) is 1.91. The second-order valence-corrected chi connectivity index (χ2v) is 4.98. The van der Waals surface area contributed by atoms with Gasteiger partial charge < -0.3 is 21.1 Å². The van der Waals surface area contributed by atoms with Crippen molar-refractivity contribution in [2.75, 3.05) is 30.1 Å². The van der Waals surface area contributed by atoms with Crippen molar-refractivity contribution in [3.63, 3.8) is 0 Å². The maximum Gasteiger partial charge on any atom is 0.159 e. The molecule has 2 aromatic rings. The summed E-state index contributed by atoms with van der Waals surface area (Å²) in [5, 5.41) is 6.40. The van der Waals surface area contributed by atoms with Gasteiger partial charge in [0, 0.05) is 18.8 Å². The van der Waals surface area contributed by atoms with E-state index >= 15 is 0 Å². The first kappa shape index (κ1) is 15.1. The van der Waals surface area contributed by atoms with Gasteiger partial charge in [-0.3, -0.25) is 0 Å². The first-order chi connectivity index (χ1) is 10.1. The normalized spacial score (nSPS) is 12.0. The summed E-state index contributed by atoms with van der Waals surface area (Å²) < 4.78 is 5.09. The summed E-state index contributed by atoms with van der Waals surface area (Å²) in [6, 6.07) is 8.13. The average Bonchev–Trinajstić information content (AvgIpc) is 2.46. The van der Waals surface area contributed by atoms with Gasteiger partial charge >= 0.3 is 0 Å². The van der Waals surface area contributed by atoms with Crippen molar-refractivity contribution in [2.24, 2.45) is 0 Å². The second kappa shape index (κ2) is 6.90. The van der Waals surface area contributed by atoms with E-state index in [-0.39, 0.29) is 6.04 Å². The lowest BCUT2D eigenvalue weighted by atomic mass is 10.2. The first-order valence-electron chi connectivity index (χ1n) is 6.79. The molecule has 1 aromatic heterocycles. The quantitative estimate of drug-likeness (QED) is 0.757. The van der Waals surface area contributed by atoms with E-state index in [1.807, 2.05) is 38.1 Å². The Bertz CT molecular complexity index is 585. The number of ether oxygens (including phenoxy) is 1. The van der Waals surface area contributed by atoms with Crippen LogP contribution in [-0.4, -0.2) is 29.7 Å². The maximum absolute atomic E-state index is 6.11. The molecule has 2 rings (SSSR count). The predicted molar refractivity (Wildman–Crippen MR) is 85.9 cm³/mol. The number of nitrogens with zero attached hydrogens (tertiary/aromatic N) is 2. The molecule has 0 saturated carbocycles. The molecule has 0 spiro atoms. The van der Waals surface area contributed by atoms with E-state index < -0.39 is 0 Å². The Morgan fingerprint density at radius 2 is 1.86 bits per heavy atom. The molecule has 0 bridgehead atoms. The van der Waals surface area contributed by atoms with Crippen LogP contribution in [0.3, 0.4) is 0 Å². The molecule has 0 amide bonds. The third kappa shape index (κ3) is 4.06. The van der Waals surface area contributed by atoms with E-state index in [2.05, 4.69) is 20.6 Å². The smallest absolute Gasteiger partial charge is 0.159 e. The van der Waals surface area contributed by atoms with Gasteiger partial charge in [-0.2, -0.15) is 0 Å². The largest absolute Gasteiger partial charge is 0.393 e. The van der Waals surface area contributed by atoms with Crippen molar-refractivity contribution in [1.82, 2.24) is 9.97 Å². The zero-order valence-corrected chi connectivity index (χ0v) is 12.6. The predicted octanol–water partition coefficient (Wildman–Crippen LogP) is 2.56. The molecule has 4 N–H and O–H groups in total. The van der Waals surface area contributed by atoms with Crippen molar-refractivity contribution in [2.45, 2.75) is 19.9 Å². The van der Waals surface area contributed by atoms with Gasteiger partial charge in [0.2, 0.25) is 0 Å². The molecule has 6 heteroatoms. The summed E-state index contributed by atoms with van der Waals surface area (Å²) in [5.41, 5.74) is 8.73. The number of nitrogens with one attached hydrogen (secondary N) is 2. The molecule has 112 valence electrons. The van der Waals surface area contributed by atoms with Gasteiger partial charge in [0.1, 0.15) is 12.0 Å². The standard InChI is InChI=1S/C15H21N5O/c1-10-4-6-12(7-5-10)20-15-13(16)14(17-9-18-15)19-11(2)8-21-3/h4-7,9,11H,8,16H2,1-3H3,(H2,17,18,19,20). The lowest BCUT2D eigenvalue weighted by molar-refractivity contribution is 0.190. The van der Waals surface area contributed by atoms with Crippen LogP contribution in [0.1, 0.15) is 12.5 Å². The molecule has 0 aliphatic heterocycles. The number of methoxy groups -OCH3 is 1. The van der Waals surface area contributed by atoms with Gasteiger partial charge in [0.05, 0.1) is 6.61 Å². The minimum absolute atomic E-state index is 0.111. The van der Waals surface area contributed by atoms with Crippen molar-refractivity contribution in [3.8, 4) is 0 Å². The number of anilines is 4. The summed E-state index contributed by atoms with van der Waals surface area (Å²) in [6.07, 6.45) is 1.48. The van der Waals surface area contributed by atoms with Gasteiger partial charge in [-0.05, 0) is 26.0 Å². The van der Waals surface area contributed by atoms with E-state index in [9.17, 15) is 0 Å². The van der Waals surface area contributed by atoms with Crippen LogP contribution in [0.2, 0.25) is 0 Å². The van der Waals surface area contributed by atoms with Crippen LogP contribution < -0.4 is 16.4 Å². The third-order valence-corrected chi connectivity index (χ3v) is 3.00. The summed E-state index contributed by atoms with van der Waals surface area (Å²) in [5.74, 6) is 1.19. The average molecular weight is 287 g/mol. The Balaban J connectivity index is 2.15. The van der Waals surface area contributed by atoms with E-state index in [0.29, 0.717) is 23.9 Å². The highest BCUT2D eigenvalue weighted by Gasteiger charge is 2.10. The van der Waals surface area contributed by atoms with Gasteiger partial charge in [0.25, 0.3) is 0 Å².